The molecule has 5 rings (SSSR count). The molecule has 3 saturated carbocycles. The Morgan fingerprint density at radius 3 is 2.67 bits per heavy atom. The second-order valence-corrected chi connectivity index (χ2v) is 8.91. The normalized spacial score (nSPS) is 30.9. The number of aromatic amines is 1. The standard InChI is InChI=1S/C19H22Cl2N2O/c1-9-13-4-10(19(13,2)3)5-15(9)23-18(24)17-8-12-14(21)6-11(20)7-16(12)22-17/h6-10,13,15,22H,4-5H2,1-3H3,(H,23,24)/t9-,10?,13-,15-/m1/s1. The molecule has 3 nitrogen and oxygen atoms in total. The second-order valence-electron chi connectivity index (χ2n) is 8.07. The summed E-state index contributed by atoms with van der Waals surface area (Å²) in [6, 6.07) is 5.54. The van der Waals surface area contributed by atoms with Crippen LogP contribution >= 0.6 is 23.2 Å². The molecule has 2 N–H and O–H groups in total. The smallest absolute Gasteiger partial charge is 0.267 e. The van der Waals surface area contributed by atoms with Gasteiger partial charge in [-0.05, 0) is 54.2 Å². The summed E-state index contributed by atoms with van der Waals surface area (Å²) in [6.07, 6.45) is 2.38. The van der Waals surface area contributed by atoms with Gasteiger partial charge >= 0.3 is 0 Å². The van der Waals surface area contributed by atoms with Gasteiger partial charge < -0.3 is 10.3 Å². The number of aromatic nitrogens is 1. The molecule has 1 aromatic carbocycles. The average molecular weight is 365 g/mol. The van der Waals surface area contributed by atoms with E-state index in [1.165, 1.54) is 6.42 Å². The van der Waals surface area contributed by atoms with Crippen LogP contribution in [0.2, 0.25) is 10.0 Å². The van der Waals surface area contributed by atoms with Gasteiger partial charge in [0.05, 0.1) is 5.02 Å². The lowest BCUT2D eigenvalue weighted by atomic mass is 9.45. The Hall–Kier alpha value is -1.19. The van der Waals surface area contributed by atoms with Crippen LogP contribution in [0, 0.1) is 23.2 Å². The number of amides is 1. The van der Waals surface area contributed by atoms with Gasteiger partial charge in [-0.2, -0.15) is 0 Å². The van der Waals surface area contributed by atoms with Crippen LogP contribution in [0.5, 0.6) is 0 Å². The molecule has 24 heavy (non-hydrogen) atoms. The van der Waals surface area contributed by atoms with E-state index in [1.807, 2.05) is 6.07 Å². The van der Waals surface area contributed by atoms with Gasteiger partial charge in [-0.15, -0.1) is 0 Å². The lowest BCUT2D eigenvalue weighted by Crippen LogP contribution is -2.60. The first-order chi connectivity index (χ1) is 11.3. The fourth-order valence-electron chi connectivity index (χ4n) is 4.87. The lowest BCUT2D eigenvalue weighted by molar-refractivity contribution is -0.113. The molecular weight excluding hydrogens is 343 g/mol. The molecule has 1 aromatic heterocycles. The number of rotatable bonds is 2. The highest BCUT2D eigenvalue weighted by Crippen LogP contribution is 2.61. The number of benzene rings is 1. The molecule has 3 fully saturated rings. The molecule has 3 aliphatic carbocycles. The van der Waals surface area contributed by atoms with E-state index in [4.69, 9.17) is 23.2 Å². The van der Waals surface area contributed by atoms with Gasteiger partial charge in [-0.1, -0.05) is 44.0 Å². The molecule has 1 unspecified atom stereocenters. The van der Waals surface area contributed by atoms with Crippen LogP contribution < -0.4 is 5.32 Å². The molecule has 0 radical (unpaired) electrons. The SMILES string of the molecule is C[C@@H]1[C@H]2CC(C[C@H]1NC(=O)c1cc3c(Cl)cc(Cl)cc3[nH]1)C2(C)C. The molecule has 2 bridgehead atoms. The maximum absolute atomic E-state index is 12.7. The van der Waals surface area contributed by atoms with Crippen molar-refractivity contribution in [1.29, 1.82) is 0 Å². The van der Waals surface area contributed by atoms with Gasteiger partial charge in [0.15, 0.2) is 0 Å². The summed E-state index contributed by atoms with van der Waals surface area (Å²) in [7, 11) is 0. The maximum atomic E-state index is 12.7. The molecule has 128 valence electrons. The molecule has 4 atom stereocenters. The molecule has 3 aliphatic rings. The number of hydrogen-bond donors (Lipinski definition) is 2. The minimum absolute atomic E-state index is 0.0608. The number of fused-ring (bicyclic) bond motifs is 3. The first-order valence-electron chi connectivity index (χ1n) is 8.56. The maximum Gasteiger partial charge on any atom is 0.267 e. The van der Waals surface area contributed by atoms with Crippen molar-refractivity contribution in [3.63, 3.8) is 0 Å². The summed E-state index contributed by atoms with van der Waals surface area (Å²) in [4.78, 5) is 15.8. The van der Waals surface area contributed by atoms with Crippen LogP contribution in [0.4, 0.5) is 0 Å². The fraction of sp³-hybridized carbons (Fsp3) is 0.526. The fourth-order valence-corrected chi connectivity index (χ4v) is 5.42. The summed E-state index contributed by atoms with van der Waals surface area (Å²) in [5, 5.41) is 5.18. The average Bonchev–Trinajstić information content (AvgIpc) is 2.93. The highest BCUT2D eigenvalue weighted by Gasteiger charge is 2.56. The van der Waals surface area contributed by atoms with Gasteiger partial charge in [0.25, 0.3) is 5.91 Å². The number of nitrogens with one attached hydrogen (secondary N) is 2. The Labute approximate surface area is 152 Å². The summed E-state index contributed by atoms with van der Waals surface area (Å²) in [5.41, 5.74) is 1.75. The summed E-state index contributed by atoms with van der Waals surface area (Å²) in [6.45, 7) is 7.00. The van der Waals surface area contributed by atoms with Gasteiger partial charge in [0, 0.05) is 22.0 Å². The van der Waals surface area contributed by atoms with E-state index in [1.54, 1.807) is 12.1 Å². The zero-order chi connectivity index (χ0) is 17.2. The number of carbonyl (C=O) groups excluding carboxylic acids is 1. The highest BCUT2D eigenvalue weighted by molar-refractivity contribution is 6.38. The van der Waals surface area contributed by atoms with Crippen LogP contribution in [0.3, 0.4) is 0 Å². The second kappa shape index (κ2) is 5.40. The first kappa shape index (κ1) is 16.3. The Morgan fingerprint density at radius 1 is 1.25 bits per heavy atom. The topological polar surface area (TPSA) is 44.9 Å². The van der Waals surface area contributed by atoms with E-state index < -0.39 is 0 Å². The quantitative estimate of drug-likeness (QED) is 0.748. The van der Waals surface area contributed by atoms with Crippen LogP contribution in [-0.2, 0) is 0 Å². The molecule has 2 aromatic rings. The third-order valence-electron chi connectivity index (χ3n) is 6.57. The van der Waals surface area contributed by atoms with E-state index in [2.05, 4.69) is 31.1 Å². The third kappa shape index (κ3) is 2.36. The Balaban J connectivity index is 1.54. The molecule has 1 heterocycles. The third-order valence-corrected chi connectivity index (χ3v) is 7.10. The molecular formula is C19H22Cl2N2O. The van der Waals surface area contributed by atoms with E-state index in [0.717, 1.165) is 23.2 Å². The van der Waals surface area contributed by atoms with Gasteiger partial charge in [0.2, 0.25) is 0 Å². The lowest BCUT2D eigenvalue weighted by Gasteiger charge is -2.62. The van der Waals surface area contributed by atoms with E-state index in [0.29, 0.717) is 33.0 Å². The van der Waals surface area contributed by atoms with Gasteiger partial charge in [-0.3, -0.25) is 4.79 Å². The van der Waals surface area contributed by atoms with Crippen molar-refractivity contribution >= 4 is 40.0 Å². The van der Waals surface area contributed by atoms with Crippen molar-refractivity contribution in [2.45, 2.75) is 39.7 Å². The van der Waals surface area contributed by atoms with Crippen molar-refractivity contribution in [2.24, 2.45) is 23.2 Å². The van der Waals surface area contributed by atoms with Crippen molar-refractivity contribution in [1.82, 2.24) is 10.3 Å². The first-order valence-corrected chi connectivity index (χ1v) is 9.31. The molecule has 0 saturated heterocycles. The largest absolute Gasteiger partial charge is 0.350 e. The van der Waals surface area contributed by atoms with Crippen LogP contribution in [0.15, 0.2) is 18.2 Å². The number of carbonyl (C=O) groups is 1. The Kier molecular flexibility index (Phi) is 3.67. The minimum Gasteiger partial charge on any atom is -0.350 e. The minimum atomic E-state index is -0.0608. The number of halogens is 2. The number of H-pyrrole nitrogens is 1. The summed E-state index contributed by atoms with van der Waals surface area (Å²) >= 11 is 12.2. The Morgan fingerprint density at radius 2 is 2.00 bits per heavy atom. The highest BCUT2D eigenvalue weighted by atomic mass is 35.5. The molecule has 0 spiro atoms. The van der Waals surface area contributed by atoms with Crippen LogP contribution in [0.1, 0.15) is 44.1 Å². The summed E-state index contributed by atoms with van der Waals surface area (Å²) in [5.74, 6) is 1.88. The van der Waals surface area contributed by atoms with Gasteiger partial charge in [0.1, 0.15) is 5.69 Å². The van der Waals surface area contributed by atoms with Crippen LogP contribution in [0.25, 0.3) is 10.9 Å². The van der Waals surface area contributed by atoms with Crippen molar-refractivity contribution < 1.29 is 4.79 Å². The van der Waals surface area contributed by atoms with Crippen molar-refractivity contribution in [2.75, 3.05) is 0 Å². The van der Waals surface area contributed by atoms with Crippen LogP contribution in [-0.4, -0.2) is 16.9 Å². The number of hydrogen-bond acceptors (Lipinski definition) is 1. The van der Waals surface area contributed by atoms with E-state index >= 15 is 0 Å². The van der Waals surface area contributed by atoms with Gasteiger partial charge in [-0.25, -0.2) is 0 Å². The molecule has 5 heteroatoms. The predicted octanol–water partition coefficient (Wildman–Crippen LogP) is 5.28. The molecule has 0 aliphatic heterocycles. The van der Waals surface area contributed by atoms with E-state index in [-0.39, 0.29) is 11.9 Å². The summed E-state index contributed by atoms with van der Waals surface area (Å²) < 4.78 is 0. The Bertz CT molecular complexity index is 826. The zero-order valence-electron chi connectivity index (χ0n) is 14.1. The van der Waals surface area contributed by atoms with Crippen molar-refractivity contribution in [3.8, 4) is 0 Å². The molecule has 1 amide bonds. The van der Waals surface area contributed by atoms with E-state index in [9.17, 15) is 4.79 Å². The monoisotopic (exact) mass is 364 g/mol. The predicted molar refractivity (Wildman–Crippen MR) is 98.7 cm³/mol. The zero-order valence-corrected chi connectivity index (χ0v) is 15.6. The van der Waals surface area contributed by atoms with Crippen molar-refractivity contribution in [3.05, 3.63) is 33.9 Å².